The molecule has 14 heavy (non-hydrogen) atoms. The van der Waals surface area contributed by atoms with Crippen LogP contribution in [-0.2, 0) is 4.74 Å². The number of hydrogen-bond donors (Lipinski definition) is 0. The van der Waals surface area contributed by atoms with Crippen molar-refractivity contribution in [2.45, 2.75) is 13.8 Å². The molecule has 0 N–H and O–H groups in total. The van der Waals surface area contributed by atoms with Gasteiger partial charge in [0.25, 0.3) is 5.19 Å². The lowest BCUT2D eigenvalue weighted by Crippen LogP contribution is -2.10. The second-order valence-corrected chi connectivity index (χ2v) is 4.89. The van der Waals surface area contributed by atoms with Crippen LogP contribution in [0.25, 0.3) is 0 Å². The molecule has 0 radical (unpaired) electrons. The predicted molar refractivity (Wildman–Crippen MR) is 61.0 cm³/mol. The van der Waals surface area contributed by atoms with E-state index < -0.39 is 0 Å². The Balaban J connectivity index is 2.04. The predicted octanol–water partition coefficient (Wildman–Crippen LogP) is 2.96. The van der Waals surface area contributed by atoms with E-state index in [0.717, 1.165) is 11.2 Å². The van der Waals surface area contributed by atoms with Gasteiger partial charge in [-0.15, -0.1) is 0 Å². The van der Waals surface area contributed by atoms with Crippen molar-refractivity contribution in [3.63, 3.8) is 0 Å². The van der Waals surface area contributed by atoms with E-state index in [1.807, 2.05) is 5.38 Å². The number of nitrogens with zero attached hydrogens (tertiary/aromatic N) is 1. The average molecular weight is 280 g/mol. The van der Waals surface area contributed by atoms with Crippen molar-refractivity contribution in [3.8, 4) is 5.19 Å². The van der Waals surface area contributed by atoms with Gasteiger partial charge < -0.3 is 9.47 Å². The maximum Gasteiger partial charge on any atom is 0.274 e. The maximum atomic E-state index is 5.36. The monoisotopic (exact) mass is 279 g/mol. The quantitative estimate of drug-likeness (QED) is 0.751. The molecule has 0 spiro atoms. The molecule has 0 aliphatic carbocycles. The molecule has 0 unspecified atom stereocenters. The smallest absolute Gasteiger partial charge is 0.274 e. The molecule has 5 heteroatoms. The van der Waals surface area contributed by atoms with Gasteiger partial charge in [-0.05, 0) is 21.8 Å². The fraction of sp³-hybridized carbons (Fsp3) is 0.667. The van der Waals surface area contributed by atoms with Gasteiger partial charge in [-0.25, -0.2) is 0 Å². The molecular formula is C9H14BrNO2S. The van der Waals surface area contributed by atoms with Crippen molar-refractivity contribution < 1.29 is 9.47 Å². The largest absolute Gasteiger partial charge is 0.468 e. The minimum Gasteiger partial charge on any atom is -0.468 e. The summed E-state index contributed by atoms with van der Waals surface area (Å²) in [5, 5.41) is 2.58. The summed E-state index contributed by atoms with van der Waals surface area (Å²) < 4.78 is 11.5. The molecule has 0 aromatic carbocycles. The van der Waals surface area contributed by atoms with Crippen LogP contribution >= 0.6 is 27.3 Å². The Morgan fingerprint density at radius 2 is 2.29 bits per heavy atom. The molecule has 1 heterocycles. The molecule has 0 atom stereocenters. The molecule has 80 valence electrons. The molecule has 0 saturated carbocycles. The van der Waals surface area contributed by atoms with Crippen LogP contribution in [0.15, 0.2) is 9.98 Å². The van der Waals surface area contributed by atoms with Gasteiger partial charge in [0, 0.05) is 12.0 Å². The summed E-state index contributed by atoms with van der Waals surface area (Å²) in [7, 11) is 0. The molecule has 0 aliphatic rings. The van der Waals surface area contributed by atoms with Crippen LogP contribution in [0.2, 0.25) is 0 Å². The van der Waals surface area contributed by atoms with Crippen molar-refractivity contribution in [3.05, 3.63) is 9.98 Å². The summed E-state index contributed by atoms with van der Waals surface area (Å²) in [6.45, 7) is 6.21. The van der Waals surface area contributed by atoms with Crippen LogP contribution in [0.5, 0.6) is 5.19 Å². The van der Waals surface area contributed by atoms with E-state index in [0.29, 0.717) is 24.3 Å². The second kappa shape index (κ2) is 6.37. The molecule has 0 bridgehead atoms. The summed E-state index contributed by atoms with van der Waals surface area (Å²) >= 11 is 4.74. The first-order valence-corrected chi connectivity index (χ1v) is 6.17. The second-order valence-electron chi connectivity index (χ2n) is 3.25. The highest BCUT2D eigenvalue weighted by Gasteiger charge is 1.99. The molecular weight excluding hydrogens is 266 g/mol. The zero-order chi connectivity index (χ0) is 10.4. The number of rotatable bonds is 6. The van der Waals surface area contributed by atoms with Crippen molar-refractivity contribution in [2.24, 2.45) is 5.92 Å². The van der Waals surface area contributed by atoms with E-state index >= 15 is 0 Å². The van der Waals surface area contributed by atoms with Gasteiger partial charge in [-0.3, -0.25) is 0 Å². The van der Waals surface area contributed by atoms with Crippen LogP contribution in [-0.4, -0.2) is 24.8 Å². The zero-order valence-corrected chi connectivity index (χ0v) is 10.7. The molecule has 3 nitrogen and oxygen atoms in total. The van der Waals surface area contributed by atoms with Gasteiger partial charge in [0.15, 0.2) is 0 Å². The minimum absolute atomic E-state index is 0.562. The standard InChI is InChI=1S/C9H14BrNO2S/c1-7(2)5-12-3-4-13-9-11-8(10)6-14-9/h6-7H,3-5H2,1-2H3. The summed E-state index contributed by atoms with van der Waals surface area (Å²) in [5.41, 5.74) is 0. The van der Waals surface area contributed by atoms with E-state index in [-0.39, 0.29) is 0 Å². The number of aromatic nitrogens is 1. The van der Waals surface area contributed by atoms with Crippen LogP contribution in [0, 0.1) is 5.92 Å². The zero-order valence-electron chi connectivity index (χ0n) is 8.33. The summed E-state index contributed by atoms with van der Waals surface area (Å²) in [4.78, 5) is 4.10. The van der Waals surface area contributed by atoms with Gasteiger partial charge in [-0.1, -0.05) is 25.2 Å². The lowest BCUT2D eigenvalue weighted by Gasteiger charge is -2.06. The van der Waals surface area contributed by atoms with E-state index in [1.54, 1.807) is 0 Å². The third-order valence-electron chi connectivity index (χ3n) is 1.36. The Bertz CT molecular complexity index is 265. The highest BCUT2D eigenvalue weighted by Crippen LogP contribution is 2.21. The minimum atomic E-state index is 0.562. The number of ether oxygens (including phenoxy) is 2. The third kappa shape index (κ3) is 4.93. The topological polar surface area (TPSA) is 31.4 Å². The Morgan fingerprint density at radius 1 is 1.50 bits per heavy atom. The van der Waals surface area contributed by atoms with E-state index in [9.17, 15) is 0 Å². The molecule has 0 amide bonds. The fourth-order valence-electron chi connectivity index (χ4n) is 0.812. The van der Waals surface area contributed by atoms with Gasteiger partial charge in [0.2, 0.25) is 0 Å². The maximum absolute atomic E-state index is 5.36. The Morgan fingerprint density at radius 3 is 2.86 bits per heavy atom. The lowest BCUT2D eigenvalue weighted by molar-refractivity contribution is 0.0818. The molecule has 1 aromatic heterocycles. The first-order chi connectivity index (χ1) is 6.68. The number of hydrogen-bond acceptors (Lipinski definition) is 4. The number of halogens is 1. The normalized spacial score (nSPS) is 10.9. The van der Waals surface area contributed by atoms with Gasteiger partial charge in [0.05, 0.1) is 6.61 Å². The van der Waals surface area contributed by atoms with Crippen LogP contribution < -0.4 is 4.74 Å². The number of thiazole rings is 1. The van der Waals surface area contributed by atoms with Gasteiger partial charge in [0.1, 0.15) is 11.2 Å². The van der Waals surface area contributed by atoms with Crippen LogP contribution in [0.3, 0.4) is 0 Å². The first kappa shape index (κ1) is 11.9. The molecule has 0 saturated heterocycles. The van der Waals surface area contributed by atoms with E-state index in [1.165, 1.54) is 11.3 Å². The Kier molecular flexibility index (Phi) is 5.44. The molecule has 1 aromatic rings. The van der Waals surface area contributed by atoms with Crippen molar-refractivity contribution >= 4 is 27.3 Å². The fourth-order valence-corrected chi connectivity index (χ4v) is 1.92. The van der Waals surface area contributed by atoms with Gasteiger partial charge in [-0.2, -0.15) is 4.98 Å². The van der Waals surface area contributed by atoms with Crippen molar-refractivity contribution in [2.75, 3.05) is 19.8 Å². The molecule has 0 aliphatic heterocycles. The Labute approximate surface area is 96.6 Å². The molecule has 0 fully saturated rings. The van der Waals surface area contributed by atoms with Crippen molar-refractivity contribution in [1.29, 1.82) is 0 Å². The van der Waals surface area contributed by atoms with E-state index in [2.05, 4.69) is 34.8 Å². The first-order valence-electron chi connectivity index (χ1n) is 4.50. The SMILES string of the molecule is CC(C)COCCOc1nc(Br)cs1. The van der Waals surface area contributed by atoms with Crippen LogP contribution in [0.4, 0.5) is 0 Å². The summed E-state index contributed by atoms with van der Waals surface area (Å²) in [6.07, 6.45) is 0. The highest BCUT2D eigenvalue weighted by atomic mass is 79.9. The van der Waals surface area contributed by atoms with E-state index in [4.69, 9.17) is 9.47 Å². The third-order valence-corrected chi connectivity index (χ3v) is 2.82. The Hall–Kier alpha value is -0.130. The van der Waals surface area contributed by atoms with Crippen molar-refractivity contribution in [1.82, 2.24) is 4.98 Å². The highest BCUT2D eigenvalue weighted by molar-refractivity contribution is 9.10. The lowest BCUT2D eigenvalue weighted by atomic mass is 10.2. The summed E-state index contributed by atoms with van der Waals surface area (Å²) in [6, 6.07) is 0. The van der Waals surface area contributed by atoms with Crippen LogP contribution in [0.1, 0.15) is 13.8 Å². The van der Waals surface area contributed by atoms with Gasteiger partial charge >= 0.3 is 0 Å². The molecule has 1 rings (SSSR count). The average Bonchev–Trinajstić information content (AvgIpc) is 2.50. The summed E-state index contributed by atoms with van der Waals surface area (Å²) in [5.74, 6) is 0.573.